The fourth-order valence-electron chi connectivity index (χ4n) is 11.8. The number of carbonyl (C=O) groups excluding carboxylic acids is 4. The van der Waals surface area contributed by atoms with E-state index in [1.54, 1.807) is 0 Å². The SMILES string of the molecule is CCCCCC/C=C\C=C/CCCCCCCC(=O)OC[C@H](COP(=O)(O)OCC(O)COP(=O)(O)OC[C@@H](COC(=O)CCCCCCCCC(C)C)OC(=O)CCCCCCCCCCCCCCCCCCCCC(C)C)OC(=O)CCCCCCCCCCCCCC(C)C. The Hall–Kier alpha value is -2.46. The van der Waals surface area contributed by atoms with Gasteiger partial charge in [-0.25, -0.2) is 9.13 Å². The summed E-state index contributed by atoms with van der Waals surface area (Å²) in [6, 6.07) is 0. The number of esters is 4. The molecule has 0 aliphatic carbocycles. The van der Waals surface area contributed by atoms with Crippen LogP contribution < -0.4 is 0 Å². The number of phosphoric ester groups is 2. The predicted molar refractivity (Wildman–Crippen MR) is 404 cm³/mol. The summed E-state index contributed by atoms with van der Waals surface area (Å²) >= 11 is 0. The van der Waals surface area contributed by atoms with Gasteiger partial charge in [0, 0.05) is 25.7 Å². The van der Waals surface area contributed by atoms with Crippen LogP contribution in [-0.4, -0.2) is 96.7 Å². The van der Waals surface area contributed by atoms with Crippen LogP contribution in [0.4, 0.5) is 0 Å². The quantitative estimate of drug-likeness (QED) is 0.0169. The smallest absolute Gasteiger partial charge is 0.462 e. The van der Waals surface area contributed by atoms with Crippen LogP contribution in [0.25, 0.3) is 0 Å². The first-order valence-corrected chi connectivity index (χ1v) is 43.7. The van der Waals surface area contributed by atoms with Crippen molar-refractivity contribution in [1.29, 1.82) is 0 Å². The van der Waals surface area contributed by atoms with Crippen molar-refractivity contribution < 1.29 is 80.2 Å². The topological polar surface area (TPSA) is 237 Å². The summed E-state index contributed by atoms with van der Waals surface area (Å²) in [5, 5.41) is 10.6. The monoisotopic (exact) mass is 1450 g/mol. The van der Waals surface area contributed by atoms with Crippen LogP contribution in [0.3, 0.4) is 0 Å². The molecule has 0 bridgehead atoms. The molecule has 0 fully saturated rings. The second-order valence-electron chi connectivity index (χ2n) is 29.5. The molecule has 17 nitrogen and oxygen atoms in total. The summed E-state index contributed by atoms with van der Waals surface area (Å²) in [5.41, 5.74) is 0. The van der Waals surface area contributed by atoms with Crippen LogP contribution in [0, 0.1) is 17.8 Å². The Bertz CT molecular complexity index is 2020. The number of hydrogen-bond acceptors (Lipinski definition) is 15. The van der Waals surface area contributed by atoms with Crippen LogP contribution >= 0.6 is 15.6 Å². The molecule has 0 spiro atoms. The van der Waals surface area contributed by atoms with Gasteiger partial charge in [0.05, 0.1) is 26.4 Å². The molecule has 0 heterocycles. The van der Waals surface area contributed by atoms with Gasteiger partial charge >= 0.3 is 39.5 Å². The van der Waals surface area contributed by atoms with E-state index in [2.05, 4.69) is 72.8 Å². The van der Waals surface area contributed by atoms with Gasteiger partial charge < -0.3 is 33.8 Å². The molecule has 0 saturated carbocycles. The van der Waals surface area contributed by atoms with Crippen molar-refractivity contribution in [3.63, 3.8) is 0 Å². The van der Waals surface area contributed by atoms with Gasteiger partial charge in [-0.3, -0.25) is 37.3 Å². The lowest BCUT2D eigenvalue weighted by Crippen LogP contribution is -2.30. The average Bonchev–Trinajstić information content (AvgIpc) is 0.977. The fourth-order valence-corrected chi connectivity index (χ4v) is 13.3. The molecule has 3 N–H and O–H groups in total. The standard InChI is InChI=1S/C80H152O17P2/c1-8-9-10-11-12-13-14-15-20-24-29-34-39-47-54-61-77(82)90-67-75(96-80(85)64-57-50-41-36-31-26-28-33-38-45-52-59-72(4)5)69-94-98(86,87)92-65-74(81)66-93-99(88,89)95-70-76(68-91-78(83)62-55-48-43-42-46-53-60-73(6)7)97-79(84)63-56-49-40-35-30-25-22-19-17-16-18-21-23-27-32-37-44-51-58-71(2)3/h13-15,20,71-76,81H,8-12,16-19,21-70H2,1-7H3,(H,86,87)(H,88,89)/b14-13-,20-15-/t74?,75-,76-/m1/s1. The Labute approximate surface area is 605 Å². The largest absolute Gasteiger partial charge is 0.472 e. The maximum atomic E-state index is 13.1. The molecule has 0 aromatic heterocycles. The molecule has 5 atom stereocenters. The van der Waals surface area contributed by atoms with Gasteiger partial charge in [0.25, 0.3) is 0 Å². The molecular formula is C80H152O17P2. The van der Waals surface area contributed by atoms with Gasteiger partial charge in [-0.2, -0.15) is 0 Å². The first-order chi connectivity index (χ1) is 47.7. The van der Waals surface area contributed by atoms with E-state index in [-0.39, 0.29) is 25.7 Å². The van der Waals surface area contributed by atoms with Gasteiger partial charge in [0.1, 0.15) is 19.3 Å². The summed E-state index contributed by atoms with van der Waals surface area (Å²) in [6.45, 7) is 11.8. The molecule has 0 radical (unpaired) electrons. The third-order valence-corrected chi connectivity index (χ3v) is 19.9. The summed E-state index contributed by atoms with van der Waals surface area (Å²) < 4.78 is 68.6. The minimum atomic E-state index is -4.97. The zero-order chi connectivity index (χ0) is 73.0. The highest BCUT2D eigenvalue weighted by atomic mass is 31.2. The summed E-state index contributed by atoms with van der Waals surface area (Å²) in [6.07, 6.45) is 60.7. The number of phosphoric acid groups is 2. The van der Waals surface area contributed by atoms with E-state index in [0.717, 1.165) is 127 Å². The van der Waals surface area contributed by atoms with Gasteiger partial charge in [-0.05, 0) is 69.1 Å². The Balaban J connectivity index is 5.22. The number of allylic oxidation sites excluding steroid dienone is 4. The van der Waals surface area contributed by atoms with Crippen LogP contribution in [0.1, 0.15) is 389 Å². The van der Waals surface area contributed by atoms with Crippen LogP contribution in [-0.2, 0) is 65.4 Å². The first kappa shape index (κ1) is 96.5. The molecule has 19 heteroatoms. The molecule has 0 aliphatic rings. The van der Waals surface area contributed by atoms with Crippen LogP contribution in [0.2, 0.25) is 0 Å². The summed E-state index contributed by atoms with van der Waals surface area (Å²) in [4.78, 5) is 72.9. The molecule has 0 aliphatic heterocycles. The van der Waals surface area contributed by atoms with Crippen molar-refractivity contribution in [3.8, 4) is 0 Å². The fraction of sp³-hybridized carbons (Fsp3) is 0.900. The molecule has 0 aromatic rings. The van der Waals surface area contributed by atoms with Gasteiger partial charge in [-0.1, -0.05) is 336 Å². The van der Waals surface area contributed by atoms with E-state index < -0.39 is 97.5 Å². The van der Waals surface area contributed by atoms with Crippen LogP contribution in [0.5, 0.6) is 0 Å². The highest BCUT2D eigenvalue weighted by Gasteiger charge is 2.30. The normalized spacial score (nSPS) is 14.2. The van der Waals surface area contributed by atoms with E-state index in [4.69, 9.17) is 37.0 Å². The van der Waals surface area contributed by atoms with Crippen molar-refractivity contribution in [1.82, 2.24) is 0 Å². The number of rotatable bonds is 76. The third-order valence-electron chi connectivity index (χ3n) is 18.0. The highest BCUT2D eigenvalue weighted by Crippen LogP contribution is 2.45. The number of aliphatic hydroxyl groups is 1. The lowest BCUT2D eigenvalue weighted by Gasteiger charge is -2.21. The summed E-state index contributed by atoms with van der Waals surface area (Å²) in [7, 11) is -9.93. The minimum Gasteiger partial charge on any atom is -0.462 e. The second-order valence-corrected chi connectivity index (χ2v) is 32.5. The third kappa shape index (κ3) is 73.6. The van der Waals surface area contributed by atoms with Crippen molar-refractivity contribution in [2.75, 3.05) is 39.6 Å². The Morgan fingerprint density at radius 1 is 0.313 bits per heavy atom. The van der Waals surface area contributed by atoms with Gasteiger partial charge in [0.2, 0.25) is 0 Å². The van der Waals surface area contributed by atoms with E-state index in [0.29, 0.717) is 31.6 Å². The molecule has 0 saturated heterocycles. The maximum Gasteiger partial charge on any atom is 0.472 e. The molecule has 0 rings (SSSR count). The van der Waals surface area contributed by atoms with E-state index in [9.17, 15) is 43.2 Å². The molecule has 99 heavy (non-hydrogen) atoms. The minimum absolute atomic E-state index is 0.0993. The van der Waals surface area contributed by atoms with E-state index in [1.807, 2.05) is 0 Å². The number of carbonyl (C=O) groups is 4. The second kappa shape index (κ2) is 69.9. The lowest BCUT2D eigenvalue weighted by atomic mass is 10.0. The van der Waals surface area contributed by atoms with E-state index >= 15 is 0 Å². The molecule has 0 aromatic carbocycles. The highest BCUT2D eigenvalue weighted by molar-refractivity contribution is 7.47. The molecule has 0 amide bonds. The predicted octanol–water partition coefficient (Wildman–Crippen LogP) is 23.3. The van der Waals surface area contributed by atoms with Gasteiger partial charge in [-0.15, -0.1) is 0 Å². The zero-order valence-corrected chi connectivity index (χ0v) is 66.2. The molecule has 3 unspecified atom stereocenters. The molecular weight excluding hydrogens is 1290 g/mol. The van der Waals surface area contributed by atoms with Crippen molar-refractivity contribution in [2.24, 2.45) is 17.8 Å². The Kier molecular flexibility index (Phi) is 68.1. The van der Waals surface area contributed by atoms with Crippen molar-refractivity contribution in [3.05, 3.63) is 24.3 Å². The number of aliphatic hydroxyl groups excluding tert-OH is 1. The Morgan fingerprint density at radius 2 is 0.545 bits per heavy atom. The van der Waals surface area contributed by atoms with Crippen LogP contribution in [0.15, 0.2) is 24.3 Å². The van der Waals surface area contributed by atoms with E-state index in [1.165, 1.54) is 173 Å². The number of hydrogen-bond donors (Lipinski definition) is 3. The summed E-state index contributed by atoms with van der Waals surface area (Å²) in [5.74, 6) is 0.114. The Morgan fingerprint density at radius 3 is 0.818 bits per heavy atom. The van der Waals surface area contributed by atoms with Crippen molar-refractivity contribution >= 4 is 39.5 Å². The molecule has 584 valence electrons. The van der Waals surface area contributed by atoms with Crippen molar-refractivity contribution in [2.45, 2.75) is 407 Å². The number of unbranched alkanes of at least 4 members (excludes halogenated alkanes) is 41. The van der Waals surface area contributed by atoms with Gasteiger partial charge in [0.15, 0.2) is 12.2 Å². The average molecular weight is 1450 g/mol. The lowest BCUT2D eigenvalue weighted by molar-refractivity contribution is -0.161. The zero-order valence-electron chi connectivity index (χ0n) is 64.4. The first-order valence-electron chi connectivity index (χ1n) is 40.7. The maximum absolute atomic E-state index is 13.1. The number of ether oxygens (including phenoxy) is 4.